The van der Waals surface area contributed by atoms with E-state index in [9.17, 15) is 0 Å². The SMILES string of the molecule is c1ccc(OC[C@H]2NCCc3ccccc32)cc1. The molecule has 1 aliphatic heterocycles. The smallest absolute Gasteiger partial charge is 0.119 e. The summed E-state index contributed by atoms with van der Waals surface area (Å²) in [5.41, 5.74) is 2.82. The molecule has 92 valence electrons. The van der Waals surface area contributed by atoms with Gasteiger partial charge in [-0.1, -0.05) is 42.5 Å². The number of para-hydroxylation sites is 1. The zero-order valence-electron chi connectivity index (χ0n) is 10.3. The second-order valence-electron chi connectivity index (χ2n) is 4.58. The van der Waals surface area contributed by atoms with E-state index in [1.54, 1.807) is 0 Å². The quantitative estimate of drug-likeness (QED) is 0.889. The minimum Gasteiger partial charge on any atom is -0.492 e. The number of benzene rings is 2. The van der Waals surface area contributed by atoms with E-state index in [0.717, 1.165) is 18.7 Å². The Morgan fingerprint density at radius 1 is 1.00 bits per heavy atom. The van der Waals surface area contributed by atoms with Crippen LogP contribution in [0.3, 0.4) is 0 Å². The predicted molar refractivity (Wildman–Crippen MR) is 72.8 cm³/mol. The number of rotatable bonds is 3. The summed E-state index contributed by atoms with van der Waals surface area (Å²) in [6, 6.07) is 18.9. The van der Waals surface area contributed by atoms with E-state index >= 15 is 0 Å². The molecule has 0 unspecified atom stereocenters. The van der Waals surface area contributed by atoms with Gasteiger partial charge >= 0.3 is 0 Å². The van der Waals surface area contributed by atoms with Gasteiger partial charge in [-0.05, 0) is 36.2 Å². The van der Waals surface area contributed by atoms with Crippen LogP contribution >= 0.6 is 0 Å². The Bertz CT molecular complexity index is 510. The topological polar surface area (TPSA) is 21.3 Å². The fourth-order valence-electron chi connectivity index (χ4n) is 2.44. The molecule has 0 bridgehead atoms. The monoisotopic (exact) mass is 239 g/mol. The van der Waals surface area contributed by atoms with Crippen molar-refractivity contribution >= 4 is 0 Å². The summed E-state index contributed by atoms with van der Waals surface area (Å²) >= 11 is 0. The van der Waals surface area contributed by atoms with Gasteiger partial charge in [0.1, 0.15) is 12.4 Å². The van der Waals surface area contributed by atoms with Gasteiger partial charge in [0.05, 0.1) is 6.04 Å². The average molecular weight is 239 g/mol. The summed E-state index contributed by atoms with van der Waals surface area (Å²) in [6.07, 6.45) is 1.11. The molecule has 3 rings (SSSR count). The molecule has 0 radical (unpaired) electrons. The molecule has 0 amide bonds. The third kappa shape index (κ3) is 2.39. The minimum atomic E-state index is 0.301. The molecule has 2 aromatic carbocycles. The van der Waals surface area contributed by atoms with Crippen molar-refractivity contribution in [3.05, 3.63) is 65.7 Å². The first-order chi connectivity index (χ1) is 8.93. The summed E-state index contributed by atoms with van der Waals surface area (Å²) in [6.45, 7) is 1.71. The third-order valence-electron chi connectivity index (χ3n) is 3.38. The molecule has 0 saturated heterocycles. The highest BCUT2D eigenvalue weighted by atomic mass is 16.5. The number of nitrogens with one attached hydrogen (secondary N) is 1. The Labute approximate surface area is 108 Å². The first-order valence-electron chi connectivity index (χ1n) is 6.42. The molecule has 1 N–H and O–H groups in total. The van der Waals surface area contributed by atoms with Gasteiger partial charge in [0.2, 0.25) is 0 Å². The van der Waals surface area contributed by atoms with Crippen LogP contribution in [-0.4, -0.2) is 13.2 Å². The molecule has 1 aliphatic rings. The Morgan fingerprint density at radius 2 is 1.78 bits per heavy atom. The van der Waals surface area contributed by atoms with Crippen LogP contribution in [0.15, 0.2) is 54.6 Å². The van der Waals surface area contributed by atoms with Gasteiger partial charge in [-0.2, -0.15) is 0 Å². The zero-order valence-corrected chi connectivity index (χ0v) is 10.3. The lowest BCUT2D eigenvalue weighted by Gasteiger charge is -2.26. The fraction of sp³-hybridized carbons (Fsp3) is 0.250. The lowest BCUT2D eigenvalue weighted by Crippen LogP contribution is -2.33. The molecule has 0 spiro atoms. The van der Waals surface area contributed by atoms with Gasteiger partial charge in [-0.3, -0.25) is 0 Å². The summed E-state index contributed by atoms with van der Waals surface area (Å²) in [7, 11) is 0. The van der Waals surface area contributed by atoms with Gasteiger partial charge in [0.15, 0.2) is 0 Å². The molecule has 0 aliphatic carbocycles. The molecular weight excluding hydrogens is 222 g/mol. The van der Waals surface area contributed by atoms with Crippen molar-refractivity contribution in [1.29, 1.82) is 0 Å². The fourth-order valence-corrected chi connectivity index (χ4v) is 2.44. The number of fused-ring (bicyclic) bond motifs is 1. The molecule has 2 aromatic rings. The Hall–Kier alpha value is -1.80. The van der Waals surface area contributed by atoms with E-state index in [-0.39, 0.29) is 0 Å². The van der Waals surface area contributed by atoms with Crippen LogP contribution in [0.5, 0.6) is 5.75 Å². The van der Waals surface area contributed by atoms with E-state index in [1.165, 1.54) is 11.1 Å². The van der Waals surface area contributed by atoms with E-state index in [2.05, 4.69) is 29.6 Å². The van der Waals surface area contributed by atoms with Gasteiger partial charge in [-0.25, -0.2) is 0 Å². The Balaban J connectivity index is 1.71. The molecule has 2 nitrogen and oxygen atoms in total. The number of hydrogen-bond acceptors (Lipinski definition) is 2. The Kier molecular flexibility index (Phi) is 3.29. The third-order valence-corrected chi connectivity index (χ3v) is 3.38. The molecule has 0 aromatic heterocycles. The second kappa shape index (κ2) is 5.23. The summed E-state index contributed by atoms with van der Waals surface area (Å²) in [4.78, 5) is 0. The standard InChI is InChI=1S/C16H17NO/c1-2-7-14(8-3-1)18-12-16-15-9-5-4-6-13(15)10-11-17-16/h1-9,16-17H,10-12H2/t16-/m1/s1. The van der Waals surface area contributed by atoms with Crippen molar-refractivity contribution in [3.63, 3.8) is 0 Å². The van der Waals surface area contributed by atoms with E-state index in [4.69, 9.17) is 4.74 Å². The maximum atomic E-state index is 5.84. The first kappa shape index (κ1) is 11.3. The van der Waals surface area contributed by atoms with Crippen LogP contribution in [0.1, 0.15) is 17.2 Å². The van der Waals surface area contributed by atoms with Crippen LogP contribution in [0.2, 0.25) is 0 Å². The molecule has 1 heterocycles. The molecule has 2 heteroatoms. The van der Waals surface area contributed by atoms with Gasteiger partial charge in [0, 0.05) is 0 Å². The largest absolute Gasteiger partial charge is 0.492 e. The van der Waals surface area contributed by atoms with E-state index in [0.29, 0.717) is 12.6 Å². The summed E-state index contributed by atoms with van der Waals surface area (Å²) < 4.78 is 5.84. The highest BCUT2D eigenvalue weighted by molar-refractivity contribution is 5.32. The van der Waals surface area contributed by atoms with Crippen molar-refractivity contribution in [2.45, 2.75) is 12.5 Å². The lowest BCUT2D eigenvalue weighted by atomic mass is 9.95. The predicted octanol–water partition coefficient (Wildman–Crippen LogP) is 2.95. The van der Waals surface area contributed by atoms with Crippen molar-refractivity contribution in [1.82, 2.24) is 5.32 Å². The average Bonchev–Trinajstić information content (AvgIpc) is 2.46. The normalized spacial score (nSPS) is 18.1. The van der Waals surface area contributed by atoms with Crippen molar-refractivity contribution < 1.29 is 4.74 Å². The van der Waals surface area contributed by atoms with Crippen LogP contribution in [0, 0.1) is 0 Å². The van der Waals surface area contributed by atoms with Gasteiger partial charge < -0.3 is 10.1 Å². The van der Waals surface area contributed by atoms with Crippen molar-refractivity contribution in [3.8, 4) is 5.75 Å². The first-order valence-corrected chi connectivity index (χ1v) is 6.42. The summed E-state index contributed by atoms with van der Waals surface area (Å²) in [5, 5.41) is 3.52. The van der Waals surface area contributed by atoms with Gasteiger partial charge in [0.25, 0.3) is 0 Å². The van der Waals surface area contributed by atoms with Crippen LogP contribution in [0.25, 0.3) is 0 Å². The van der Waals surface area contributed by atoms with E-state index < -0.39 is 0 Å². The number of hydrogen-bond donors (Lipinski definition) is 1. The van der Waals surface area contributed by atoms with Crippen LogP contribution < -0.4 is 10.1 Å². The number of ether oxygens (including phenoxy) is 1. The second-order valence-corrected chi connectivity index (χ2v) is 4.58. The lowest BCUT2D eigenvalue weighted by molar-refractivity contribution is 0.261. The molecule has 18 heavy (non-hydrogen) atoms. The maximum Gasteiger partial charge on any atom is 0.119 e. The summed E-state index contributed by atoms with van der Waals surface area (Å²) in [5.74, 6) is 0.933. The highest BCUT2D eigenvalue weighted by Crippen LogP contribution is 2.23. The molecule has 0 fully saturated rings. The zero-order chi connectivity index (χ0) is 12.2. The van der Waals surface area contributed by atoms with Gasteiger partial charge in [-0.15, -0.1) is 0 Å². The Morgan fingerprint density at radius 3 is 2.67 bits per heavy atom. The highest BCUT2D eigenvalue weighted by Gasteiger charge is 2.19. The van der Waals surface area contributed by atoms with Crippen LogP contribution in [-0.2, 0) is 6.42 Å². The molecule has 1 atom stereocenters. The molecule has 0 saturated carbocycles. The minimum absolute atomic E-state index is 0.301. The van der Waals surface area contributed by atoms with Crippen LogP contribution in [0.4, 0.5) is 0 Å². The van der Waals surface area contributed by atoms with Crippen molar-refractivity contribution in [2.24, 2.45) is 0 Å². The van der Waals surface area contributed by atoms with E-state index in [1.807, 2.05) is 30.3 Å². The maximum absolute atomic E-state index is 5.84. The molecular formula is C16H17NO. The van der Waals surface area contributed by atoms with Crippen molar-refractivity contribution in [2.75, 3.05) is 13.2 Å².